The molecule has 2 aliphatic rings. The van der Waals surface area contributed by atoms with Crippen molar-refractivity contribution < 1.29 is 8.78 Å². The van der Waals surface area contributed by atoms with E-state index in [9.17, 15) is 8.78 Å². The number of alkyl halides is 2. The molecule has 10 heavy (non-hydrogen) atoms. The van der Waals surface area contributed by atoms with Crippen LogP contribution in [-0.2, 0) is 0 Å². The van der Waals surface area contributed by atoms with Crippen LogP contribution in [0.25, 0.3) is 0 Å². The van der Waals surface area contributed by atoms with Crippen LogP contribution in [0.4, 0.5) is 8.78 Å². The fourth-order valence-corrected chi connectivity index (χ4v) is 2.41. The zero-order valence-corrected chi connectivity index (χ0v) is 6.27. The molecule has 0 amide bonds. The molecule has 0 aromatic rings. The summed E-state index contributed by atoms with van der Waals surface area (Å²) in [7, 11) is 0. The zero-order chi connectivity index (χ0) is 7.52. The Hall–Kier alpha value is -0.140. The summed E-state index contributed by atoms with van der Waals surface area (Å²) >= 11 is 0. The Labute approximate surface area is 59.6 Å². The van der Waals surface area contributed by atoms with Gasteiger partial charge in [-0.25, -0.2) is 8.78 Å². The van der Waals surface area contributed by atoms with Crippen molar-refractivity contribution in [1.82, 2.24) is 0 Å². The van der Waals surface area contributed by atoms with Gasteiger partial charge in [0.25, 0.3) is 5.92 Å². The SMILES string of the molecule is CC1CC2C(C1C)C2(F)F. The molecule has 58 valence electrons. The second kappa shape index (κ2) is 1.54. The van der Waals surface area contributed by atoms with E-state index in [4.69, 9.17) is 0 Å². The standard InChI is InChI=1S/C8H12F2/c1-4-3-6-7(5(4)2)8(6,9)10/h4-7H,3H2,1-2H3. The van der Waals surface area contributed by atoms with Crippen LogP contribution in [0, 0.1) is 23.7 Å². The normalized spacial score (nSPS) is 56.4. The van der Waals surface area contributed by atoms with Gasteiger partial charge in [0, 0.05) is 11.8 Å². The number of fused-ring (bicyclic) bond motifs is 1. The molecule has 0 heterocycles. The molecular weight excluding hydrogens is 134 g/mol. The van der Waals surface area contributed by atoms with Gasteiger partial charge in [-0.05, 0) is 18.3 Å². The summed E-state index contributed by atoms with van der Waals surface area (Å²) in [5.74, 6) is -2.03. The third kappa shape index (κ3) is 0.553. The highest BCUT2D eigenvalue weighted by atomic mass is 19.3. The first-order valence-electron chi connectivity index (χ1n) is 3.93. The highest BCUT2D eigenvalue weighted by Crippen LogP contribution is 2.67. The molecule has 0 aliphatic heterocycles. The van der Waals surface area contributed by atoms with Crippen molar-refractivity contribution in [1.29, 1.82) is 0 Å². The van der Waals surface area contributed by atoms with Crippen LogP contribution >= 0.6 is 0 Å². The molecule has 2 saturated carbocycles. The van der Waals surface area contributed by atoms with Gasteiger partial charge in [-0.1, -0.05) is 13.8 Å². The Balaban J connectivity index is 2.13. The fourth-order valence-electron chi connectivity index (χ4n) is 2.41. The molecule has 0 spiro atoms. The van der Waals surface area contributed by atoms with Crippen LogP contribution in [0.5, 0.6) is 0 Å². The quantitative estimate of drug-likeness (QED) is 0.492. The van der Waals surface area contributed by atoms with Crippen LogP contribution in [0.15, 0.2) is 0 Å². The number of hydrogen-bond acceptors (Lipinski definition) is 0. The van der Waals surface area contributed by atoms with E-state index in [1.54, 1.807) is 0 Å². The van der Waals surface area contributed by atoms with E-state index in [0.717, 1.165) is 6.42 Å². The molecule has 0 saturated heterocycles. The third-order valence-corrected chi connectivity index (χ3v) is 3.35. The highest BCUT2D eigenvalue weighted by molar-refractivity contribution is 5.13. The Morgan fingerprint density at radius 2 is 1.90 bits per heavy atom. The van der Waals surface area contributed by atoms with Crippen molar-refractivity contribution >= 4 is 0 Å². The molecule has 0 aromatic heterocycles. The predicted molar refractivity (Wildman–Crippen MR) is 34.9 cm³/mol. The molecule has 2 fully saturated rings. The van der Waals surface area contributed by atoms with E-state index in [0.29, 0.717) is 5.92 Å². The first-order chi connectivity index (χ1) is 4.55. The lowest BCUT2D eigenvalue weighted by atomic mass is 9.94. The lowest BCUT2D eigenvalue weighted by molar-refractivity contribution is 0.0508. The van der Waals surface area contributed by atoms with Crippen LogP contribution in [0.3, 0.4) is 0 Å². The van der Waals surface area contributed by atoms with Gasteiger partial charge in [-0.15, -0.1) is 0 Å². The second-order valence-corrected chi connectivity index (χ2v) is 3.88. The van der Waals surface area contributed by atoms with Crippen LogP contribution < -0.4 is 0 Å². The Kier molecular flexibility index (Phi) is 1.01. The van der Waals surface area contributed by atoms with Gasteiger partial charge in [0.15, 0.2) is 0 Å². The van der Waals surface area contributed by atoms with Crippen molar-refractivity contribution in [3.8, 4) is 0 Å². The lowest BCUT2D eigenvalue weighted by Gasteiger charge is -2.14. The summed E-state index contributed by atoms with van der Waals surface area (Å²) in [6, 6.07) is 0. The van der Waals surface area contributed by atoms with Gasteiger partial charge in [0.05, 0.1) is 0 Å². The number of halogens is 2. The molecular formula is C8H12F2. The van der Waals surface area contributed by atoms with E-state index in [1.165, 1.54) is 0 Å². The zero-order valence-electron chi connectivity index (χ0n) is 6.27. The molecule has 0 radical (unpaired) electrons. The Morgan fingerprint density at radius 1 is 1.30 bits per heavy atom. The summed E-state index contributed by atoms with van der Waals surface area (Å²) in [5, 5.41) is 0. The van der Waals surface area contributed by atoms with E-state index >= 15 is 0 Å². The van der Waals surface area contributed by atoms with Crippen LogP contribution in [0.2, 0.25) is 0 Å². The maximum absolute atomic E-state index is 12.7. The molecule has 0 aromatic carbocycles. The van der Waals surface area contributed by atoms with Crippen molar-refractivity contribution in [2.75, 3.05) is 0 Å². The predicted octanol–water partition coefficient (Wildman–Crippen LogP) is 2.54. The Bertz CT molecular complexity index is 163. The minimum absolute atomic E-state index is 0.250. The molecule has 0 bridgehead atoms. The van der Waals surface area contributed by atoms with Crippen molar-refractivity contribution in [2.45, 2.75) is 26.2 Å². The van der Waals surface area contributed by atoms with Crippen molar-refractivity contribution in [3.05, 3.63) is 0 Å². The largest absolute Gasteiger partial charge is 0.254 e. The second-order valence-electron chi connectivity index (χ2n) is 3.88. The number of rotatable bonds is 0. The first kappa shape index (κ1) is 6.56. The average molecular weight is 146 g/mol. The van der Waals surface area contributed by atoms with Crippen molar-refractivity contribution in [3.63, 3.8) is 0 Å². The van der Waals surface area contributed by atoms with Crippen LogP contribution in [0.1, 0.15) is 20.3 Å². The fraction of sp³-hybridized carbons (Fsp3) is 1.00. The molecule has 0 nitrogen and oxygen atoms in total. The lowest BCUT2D eigenvalue weighted by Crippen LogP contribution is -2.13. The van der Waals surface area contributed by atoms with Crippen LogP contribution in [-0.4, -0.2) is 5.92 Å². The summed E-state index contributed by atoms with van der Waals surface area (Å²) in [4.78, 5) is 0. The molecule has 4 atom stereocenters. The van der Waals surface area contributed by atoms with E-state index < -0.39 is 5.92 Å². The van der Waals surface area contributed by atoms with Gasteiger partial charge in [0.1, 0.15) is 0 Å². The monoisotopic (exact) mass is 146 g/mol. The van der Waals surface area contributed by atoms with E-state index in [2.05, 4.69) is 6.92 Å². The van der Waals surface area contributed by atoms with Gasteiger partial charge >= 0.3 is 0 Å². The minimum Gasteiger partial charge on any atom is -0.206 e. The first-order valence-corrected chi connectivity index (χ1v) is 3.93. The Morgan fingerprint density at radius 3 is 2.20 bits per heavy atom. The van der Waals surface area contributed by atoms with E-state index in [1.807, 2.05) is 6.92 Å². The van der Waals surface area contributed by atoms with Gasteiger partial charge < -0.3 is 0 Å². The van der Waals surface area contributed by atoms with Crippen molar-refractivity contribution in [2.24, 2.45) is 23.7 Å². The molecule has 2 heteroatoms. The molecule has 2 rings (SSSR count). The molecule has 4 unspecified atom stereocenters. The topological polar surface area (TPSA) is 0 Å². The summed E-state index contributed by atoms with van der Waals surface area (Å²) in [6.07, 6.45) is 0.749. The van der Waals surface area contributed by atoms with Gasteiger partial charge in [0.2, 0.25) is 0 Å². The summed E-state index contributed by atoms with van der Waals surface area (Å²) < 4.78 is 25.3. The average Bonchev–Trinajstić information content (AvgIpc) is 2.12. The maximum atomic E-state index is 12.7. The smallest absolute Gasteiger partial charge is 0.206 e. The summed E-state index contributed by atoms with van der Waals surface area (Å²) in [5.41, 5.74) is 0. The highest BCUT2D eigenvalue weighted by Gasteiger charge is 2.73. The number of hydrogen-bond donors (Lipinski definition) is 0. The minimum atomic E-state index is -2.29. The maximum Gasteiger partial charge on any atom is 0.254 e. The molecule has 0 N–H and O–H groups in total. The van der Waals surface area contributed by atoms with Gasteiger partial charge in [-0.3, -0.25) is 0 Å². The summed E-state index contributed by atoms with van der Waals surface area (Å²) in [6.45, 7) is 4.03. The third-order valence-electron chi connectivity index (χ3n) is 3.35. The van der Waals surface area contributed by atoms with Gasteiger partial charge in [-0.2, -0.15) is 0 Å². The van der Waals surface area contributed by atoms with E-state index in [-0.39, 0.29) is 17.8 Å². The molecule has 2 aliphatic carbocycles.